The molecular formula is C11H18N2. The van der Waals surface area contributed by atoms with Crippen molar-refractivity contribution in [1.29, 1.82) is 5.41 Å². The minimum absolute atomic E-state index is 0.379. The topological polar surface area (TPSA) is 27.1 Å². The summed E-state index contributed by atoms with van der Waals surface area (Å²) in [7, 11) is 0. The van der Waals surface area contributed by atoms with Gasteiger partial charge in [0.2, 0.25) is 0 Å². The first-order chi connectivity index (χ1) is 6.18. The van der Waals surface area contributed by atoms with E-state index in [2.05, 4.69) is 18.4 Å². The van der Waals surface area contributed by atoms with Crippen molar-refractivity contribution in [3.63, 3.8) is 0 Å². The third-order valence-electron chi connectivity index (χ3n) is 3.63. The first-order valence-corrected chi connectivity index (χ1v) is 5.11. The molecule has 2 aliphatic rings. The zero-order valence-corrected chi connectivity index (χ0v) is 8.34. The van der Waals surface area contributed by atoms with E-state index >= 15 is 0 Å². The maximum absolute atomic E-state index is 7.34. The summed E-state index contributed by atoms with van der Waals surface area (Å²) in [4.78, 5) is 2.23. The highest BCUT2D eigenvalue weighted by atomic mass is 15.2. The van der Waals surface area contributed by atoms with Gasteiger partial charge in [-0.1, -0.05) is 12.2 Å². The Labute approximate surface area is 80.1 Å². The summed E-state index contributed by atoms with van der Waals surface area (Å²) in [5, 5.41) is 7.34. The molecule has 13 heavy (non-hydrogen) atoms. The first-order valence-electron chi connectivity index (χ1n) is 5.11. The van der Waals surface area contributed by atoms with Crippen LogP contribution in [0.4, 0.5) is 0 Å². The summed E-state index contributed by atoms with van der Waals surface area (Å²) in [5.41, 5.74) is 1.71. The molecule has 1 aliphatic heterocycles. The van der Waals surface area contributed by atoms with Gasteiger partial charge in [0.15, 0.2) is 0 Å². The molecule has 2 fully saturated rings. The Hall–Kier alpha value is -0.790. The SMILES string of the molecule is C=C(C)C1CCN(C=N)C2(CC2)C1. The van der Waals surface area contributed by atoms with Crippen LogP contribution in [-0.2, 0) is 0 Å². The molecule has 1 saturated carbocycles. The molecule has 72 valence electrons. The van der Waals surface area contributed by atoms with E-state index in [1.807, 2.05) is 0 Å². The average Bonchev–Trinajstić information content (AvgIpc) is 2.85. The van der Waals surface area contributed by atoms with Crippen LogP contribution < -0.4 is 0 Å². The summed E-state index contributed by atoms with van der Waals surface area (Å²) in [6, 6.07) is 0. The van der Waals surface area contributed by atoms with Gasteiger partial charge in [-0.3, -0.25) is 5.41 Å². The Kier molecular flexibility index (Phi) is 1.94. The van der Waals surface area contributed by atoms with Gasteiger partial charge < -0.3 is 4.90 Å². The number of nitrogens with zero attached hydrogens (tertiary/aromatic N) is 1. The molecule has 2 rings (SSSR count). The predicted octanol–water partition coefficient (Wildman–Crippen LogP) is 2.41. The van der Waals surface area contributed by atoms with Gasteiger partial charge in [0, 0.05) is 12.1 Å². The summed E-state index contributed by atoms with van der Waals surface area (Å²) >= 11 is 0. The fourth-order valence-electron chi connectivity index (χ4n) is 2.47. The minimum atomic E-state index is 0.379. The van der Waals surface area contributed by atoms with Gasteiger partial charge in [-0.15, -0.1) is 0 Å². The van der Waals surface area contributed by atoms with Crippen LogP contribution in [0.15, 0.2) is 12.2 Å². The lowest BCUT2D eigenvalue weighted by Crippen LogP contribution is -2.43. The molecule has 1 atom stereocenters. The lowest BCUT2D eigenvalue weighted by molar-refractivity contribution is 0.189. The maximum Gasteiger partial charge on any atom is 0.0821 e. The zero-order valence-electron chi connectivity index (χ0n) is 8.34. The Bertz CT molecular complexity index is 240. The van der Waals surface area contributed by atoms with Gasteiger partial charge in [0.25, 0.3) is 0 Å². The molecule has 0 aromatic rings. The van der Waals surface area contributed by atoms with Crippen LogP contribution in [0.2, 0.25) is 0 Å². The van der Waals surface area contributed by atoms with E-state index in [-0.39, 0.29) is 0 Å². The summed E-state index contributed by atoms with van der Waals surface area (Å²) in [6.07, 6.45) is 6.52. The van der Waals surface area contributed by atoms with E-state index in [4.69, 9.17) is 5.41 Å². The number of nitrogens with one attached hydrogen (secondary N) is 1. The van der Waals surface area contributed by atoms with Crippen molar-refractivity contribution >= 4 is 6.34 Å². The molecular weight excluding hydrogens is 160 g/mol. The van der Waals surface area contributed by atoms with Gasteiger partial charge in [0.05, 0.1) is 6.34 Å². The molecule has 0 aromatic heterocycles. The third-order valence-corrected chi connectivity index (χ3v) is 3.63. The van der Waals surface area contributed by atoms with E-state index in [9.17, 15) is 0 Å². The zero-order chi connectivity index (χ0) is 9.47. The highest BCUT2D eigenvalue weighted by Crippen LogP contribution is 2.50. The van der Waals surface area contributed by atoms with Crippen molar-refractivity contribution in [1.82, 2.24) is 4.90 Å². The Morgan fingerprint density at radius 3 is 2.77 bits per heavy atom. The molecule has 0 bridgehead atoms. The van der Waals surface area contributed by atoms with E-state index in [1.54, 1.807) is 0 Å². The fourth-order valence-corrected chi connectivity index (χ4v) is 2.47. The molecule has 1 heterocycles. The summed E-state index contributed by atoms with van der Waals surface area (Å²) in [6.45, 7) is 7.24. The van der Waals surface area contributed by atoms with Gasteiger partial charge >= 0.3 is 0 Å². The monoisotopic (exact) mass is 178 g/mol. The van der Waals surface area contributed by atoms with Crippen molar-refractivity contribution < 1.29 is 0 Å². The van der Waals surface area contributed by atoms with Crippen LogP contribution in [-0.4, -0.2) is 23.3 Å². The molecule has 1 spiro atoms. The smallest absolute Gasteiger partial charge is 0.0821 e. The molecule has 2 heteroatoms. The van der Waals surface area contributed by atoms with Crippen molar-refractivity contribution in [3.05, 3.63) is 12.2 Å². The van der Waals surface area contributed by atoms with Crippen LogP contribution in [0, 0.1) is 11.3 Å². The van der Waals surface area contributed by atoms with Crippen molar-refractivity contribution in [2.24, 2.45) is 5.92 Å². The second-order valence-corrected chi connectivity index (χ2v) is 4.58. The second kappa shape index (κ2) is 2.86. The van der Waals surface area contributed by atoms with Crippen molar-refractivity contribution in [2.75, 3.05) is 6.54 Å². The van der Waals surface area contributed by atoms with E-state index < -0.39 is 0 Å². The van der Waals surface area contributed by atoms with Crippen LogP contribution in [0.5, 0.6) is 0 Å². The second-order valence-electron chi connectivity index (χ2n) is 4.58. The predicted molar refractivity (Wildman–Crippen MR) is 55.0 cm³/mol. The quantitative estimate of drug-likeness (QED) is 0.392. The highest BCUT2D eigenvalue weighted by molar-refractivity contribution is 5.54. The Balaban J connectivity index is 2.06. The lowest BCUT2D eigenvalue weighted by Gasteiger charge is -2.39. The fraction of sp³-hybridized carbons (Fsp3) is 0.727. The molecule has 2 nitrogen and oxygen atoms in total. The molecule has 1 unspecified atom stereocenters. The van der Waals surface area contributed by atoms with Crippen LogP contribution in [0.3, 0.4) is 0 Å². The average molecular weight is 178 g/mol. The van der Waals surface area contributed by atoms with E-state index in [0.717, 1.165) is 6.54 Å². The molecule has 0 radical (unpaired) electrons. The Morgan fingerprint density at radius 2 is 2.31 bits per heavy atom. The van der Waals surface area contributed by atoms with Crippen LogP contribution in [0.25, 0.3) is 0 Å². The first kappa shape index (κ1) is 8.79. The normalized spacial score (nSPS) is 30.2. The molecule has 1 saturated heterocycles. The molecule has 1 aliphatic carbocycles. The summed E-state index contributed by atoms with van der Waals surface area (Å²) in [5.74, 6) is 0.707. The molecule has 0 aromatic carbocycles. The van der Waals surface area contributed by atoms with E-state index in [1.165, 1.54) is 37.6 Å². The summed E-state index contributed by atoms with van der Waals surface area (Å²) < 4.78 is 0. The number of piperidine rings is 1. The van der Waals surface area contributed by atoms with Gasteiger partial charge in [-0.05, 0) is 38.5 Å². The maximum atomic E-state index is 7.34. The minimum Gasteiger partial charge on any atom is -0.357 e. The standard InChI is InChI=1S/C11H18N2/c1-9(2)10-3-6-13(8-12)11(7-10)4-5-11/h8,10,12H,1,3-7H2,2H3. The van der Waals surface area contributed by atoms with Crippen molar-refractivity contribution in [2.45, 2.75) is 38.1 Å². The number of allylic oxidation sites excluding steroid dienone is 1. The Morgan fingerprint density at radius 1 is 1.62 bits per heavy atom. The number of likely N-dealkylation sites (tertiary alicyclic amines) is 1. The number of rotatable bonds is 2. The lowest BCUT2D eigenvalue weighted by atomic mass is 9.85. The number of hydrogen-bond donors (Lipinski definition) is 1. The van der Waals surface area contributed by atoms with Crippen LogP contribution >= 0.6 is 0 Å². The van der Waals surface area contributed by atoms with E-state index in [0.29, 0.717) is 11.5 Å². The van der Waals surface area contributed by atoms with Gasteiger partial charge in [0.1, 0.15) is 0 Å². The van der Waals surface area contributed by atoms with Crippen molar-refractivity contribution in [3.8, 4) is 0 Å². The molecule has 0 amide bonds. The number of hydrogen-bond acceptors (Lipinski definition) is 1. The van der Waals surface area contributed by atoms with Gasteiger partial charge in [-0.25, -0.2) is 0 Å². The van der Waals surface area contributed by atoms with Crippen LogP contribution in [0.1, 0.15) is 32.6 Å². The highest BCUT2D eigenvalue weighted by Gasteiger charge is 2.50. The molecule has 1 N–H and O–H groups in total. The van der Waals surface area contributed by atoms with Gasteiger partial charge in [-0.2, -0.15) is 0 Å². The largest absolute Gasteiger partial charge is 0.357 e. The third kappa shape index (κ3) is 1.38.